The van der Waals surface area contributed by atoms with Crippen LogP contribution in [0.5, 0.6) is 0 Å². The van der Waals surface area contributed by atoms with Crippen molar-refractivity contribution in [1.82, 2.24) is 0 Å². The van der Waals surface area contributed by atoms with Crippen molar-refractivity contribution < 1.29 is 9.47 Å². The second-order valence-corrected chi connectivity index (χ2v) is 2.98. The lowest BCUT2D eigenvalue weighted by molar-refractivity contribution is -0.180. The van der Waals surface area contributed by atoms with Gasteiger partial charge in [0.15, 0.2) is 6.29 Å². The topological polar surface area (TPSA) is 18.5 Å². The molecule has 0 aliphatic carbocycles. The van der Waals surface area contributed by atoms with E-state index in [2.05, 4.69) is 0 Å². The van der Waals surface area contributed by atoms with Gasteiger partial charge in [-0.1, -0.05) is 6.32 Å². The minimum Gasteiger partial charge on any atom is -0.353 e. The molecular weight excluding hydrogens is 139 g/mol. The van der Waals surface area contributed by atoms with Crippen LogP contribution in [0.1, 0.15) is 26.2 Å². The lowest BCUT2D eigenvalue weighted by Gasteiger charge is -2.25. The van der Waals surface area contributed by atoms with E-state index in [0.29, 0.717) is 6.32 Å². The van der Waals surface area contributed by atoms with Crippen LogP contribution in [0.4, 0.5) is 0 Å². The Morgan fingerprint density at radius 1 is 1.64 bits per heavy atom. The van der Waals surface area contributed by atoms with Crippen LogP contribution in [0.25, 0.3) is 0 Å². The summed E-state index contributed by atoms with van der Waals surface area (Å²) in [5.41, 5.74) is 0. The Kier molecular flexibility index (Phi) is 3.94. The summed E-state index contributed by atoms with van der Waals surface area (Å²) in [6, 6.07) is 0. The molecule has 1 aliphatic rings. The summed E-state index contributed by atoms with van der Waals surface area (Å²) in [5, 5.41) is 0. The summed E-state index contributed by atoms with van der Waals surface area (Å²) in [7, 11) is 5.41. The average molecular weight is 154 g/mol. The lowest BCUT2D eigenvalue weighted by Crippen LogP contribution is -2.26. The Bertz CT molecular complexity index is 102. The van der Waals surface area contributed by atoms with Crippen molar-refractivity contribution in [3.63, 3.8) is 0 Å². The fourth-order valence-corrected chi connectivity index (χ4v) is 1.13. The molecule has 0 aromatic carbocycles. The van der Waals surface area contributed by atoms with Crippen LogP contribution < -0.4 is 0 Å². The molecule has 0 amide bonds. The molecule has 1 rings (SSSR count). The highest BCUT2D eigenvalue weighted by atomic mass is 16.7. The van der Waals surface area contributed by atoms with Crippen LogP contribution in [0, 0.1) is 0 Å². The fourth-order valence-electron chi connectivity index (χ4n) is 1.13. The number of rotatable bonds is 3. The van der Waals surface area contributed by atoms with E-state index >= 15 is 0 Å². The van der Waals surface area contributed by atoms with Crippen molar-refractivity contribution in [2.24, 2.45) is 0 Å². The van der Waals surface area contributed by atoms with Gasteiger partial charge in [-0.2, -0.15) is 0 Å². The molecule has 2 unspecified atom stereocenters. The van der Waals surface area contributed by atoms with Crippen molar-refractivity contribution in [2.75, 3.05) is 6.61 Å². The van der Waals surface area contributed by atoms with E-state index in [1.54, 1.807) is 0 Å². The Morgan fingerprint density at radius 3 is 3.00 bits per heavy atom. The highest BCUT2D eigenvalue weighted by Crippen LogP contribution is 2.15. The maximum Gasteiger partial charge on any atom is 0.157 e. The SMILES string of the molecule is [B]CC(C)OC1CCCCO1. The van der Waals surface area contributed by atoms with Crippen molar-refractivity contribution in [1.29, 1.82) is 0 Å². The van der Waals surface area contributed by atoms with E-state index in [1.807, 2.05) is 6.92 Å². The maximum absolute atomic E-state index is 5.49. The Balaban J connectivity index is 2.13. The maximum atomic E-state index is 5.49. The summed E-state index contributed by atoms with van der Waals surface area (Å²) in [6.45, 7) is 2.81. The van der Waals surface area contributed by atoms with Gasteiger partial charge in [0.2, 0.25) is 0 Å². The van der Waals surface area contributed by atoms with Crippen molar-refractivity contribution in [3.8, 4) is 0 Å². The number of ether oxygens (including phenoxy) is 2. The first-order chi connectivity index (χ1) is 5.33. The van der Waals surface area contributed by atoms with Crippen molar-refractivity contribution in [3.05, 3.63) is 0 Å². The smallest absolute Gasteiger partial charge is 0.157 e. The second-order valence-electron chi connectivity index (χ2n) is 2.98. The van der Waals surface area contributed by atoms with Gasteiger partial charge in [-0.15, -0.1) is 0 Å². The zero-order chi connectivity index (χ0) is 8.10. The molecular formula is C8H15BO2. The third-order valence-corrected chi connectivity index (χ3v) is 1.85. The van der Waals surface area contributed by atoms with Gasteiger partial charge in [0.25, 0.3) is 0 Å². The molecule has 2 radical (unpaired) electrons. The van der Waals surface area contributed by atoms with E-state index in [1.165, 1.54) is 6.42 Å². The zero-order valence-electron chi connectivity index (χ0n) is 7.08. The molecule has 2 atom stereocenters. The van der Waals surface area contributed by atoms with Crippen LogP contribution in [-0.2, 0) is 9.47 Å². The normalized spacial score (nSPS) is 28.3. The van der Waals surface area contributed by atoms with Crippen LogP contribution >= 0.6 is 0 Å². The molecule has 1 fully saturated rings. The van der Waals surface area contributed by atoms with E-state index < -0.39 is 0 Å². The van der Waals surface area contributed by atoms with Gasteiger partial charge in [0.1, 0.15) is 0 Å². The van der Waals surface area contributed by atoms with Crippen LogP contribution in [0.2, 0.25) is 6.32 Å². The van der Waals surface area contributed by atoms with Gasteiger partial charge in [0.05, 0.1) is 14.0 Å². The third kappa shape index (κ3) is 3.26. The van der Waals surface area contributed by atoms with Gasteiger partial charge in [-0.25, -0.2) is 0 Å². The molecule has 1 aliphatic heterocycles. The summed E-state index contributed by atoms with van der Waals surface area (Å²) >= 11 is 0. The van der Waals surface area contributed by atoms with E-state index in [0.717, 1.165) is 19.4 Å². The first kappa shape index (κ1) is 9.08. The van der Waals surface area contributed by atoms with Gasteiger partial charge in [-0.05, 0) is 26.2 Å². The Morgan fingerprint density at radius 2 is 2.45 bits per heavy atom. The summed E-state index contributed by atoms with van der Waals surface area (Å²) in [6.07, 6.45) is 4.09. The molecule has 0 spiro atoms. The predicted molar refractivity (Wildman–Crippen MR) is 44.7 cm³/mol. The standard InChI is InChI=1S/C8H15BO2/c1-7(6-9)11-8-4-2-3-5-10-8/h7-8H,2-6H2,1H3. The monoisotopic (exact) mass is 154 g/mol. The largest absolute Gasteiger partial charge is 0.353 e. The second kappa shape index (κ2) is 4.78. The minimum atomic E-state index is 0.00213. The molecule has 3 heteroatoms. The Labute approximate surface area is 69.7 Å². The van der Waals surface area contributed by atoms with Crippen LogP contribution in [-0.4, -0.2) is 26.8 Å². The van der Waals surface area contributed by atoms with Crippen molar-refractivity contribution in [2.45, 2.75) is 44.9 Å². The molecule has 0 aromatic rings. The fraction of sp³-hybridized carbons (Fsp3) is 1.00. The zero-order valence-corrected chi connectivity index (χ0v) is 7.08. The number of hydrogen-bond donors (Lipinski definition) is 0. The molecule has 0 bridgehead atoms. The summed E-state index contributed by atoms with van der Waals surface area (Å²) in [5.74, 6) is 0. The molecule has 2 nitrogen and oxygen atoms in total. The van der Waals surface area contributed by atoms with Gasteiger partial charge in [-0.3, -0.25) is 0 Å². The first-order valence-corrected chi connectivity index (χ1v) is 4.30. The third-order valence-electron chi connectivity index (χ3n) is 1.85. The molecule has 11 heavy (non-hydrogen) atoms. The van der Waals surface area contributed by atoms with Crippen LogP contribution in [0.15, 0.2) is 0 Å². The van der Waals surface area contributed by atoms with E-state index in [4.69, 9.17) is 17.3 Å². The molecule has 0 aromatic heterocycles. The molecule has 0 N–H and O–H groups in total. The van der Waals surface area contributed by atoms with Gasteiger partial charge < -0.3 is 9.47 Å². The predicted octanol–water partition coefficient (Wildman–Crippen LogP) is 1.50. The summed E-state index contributed by atoms with van der Waals surface area (Å²) < 4.78 is 10.9. The van der Waals surface area contributed by atoms with Crippen LogP contribution in [0.3, 0.4) is 0 Å². The molecule has 1 saturated heterocycles. The summed E-state index contributed by atoms with van der Waals surface area (Å²) in [4.78, 5) is 0. The van der Waals surface area contributed by atoms with E-state index in [-0.39, 0.29) is 12.4 Å². The molecule has 1 heterocycles. The number of hydrogen-bond acceptors (Lipinski definition) is 2. The van der Waals surface area contributed by atoms with Gasteiger partial charge in [0, 0.05) is 6.61 Å². The highest BCUT2D eigenvalue weighted by Gasteiger charge is 2.15. The van der Waals surface area contributed by atoms with E-state index in [9.17, 15) is 0 Å². The van der Waals surface area contributed by atoms with Crippen molar-refractivity contribution >= 4 is 7.85 Å². The first-order valence-electron chi connectivity index (χ1n) is 4.30. The van der Waals surface area contributed by atoms with Gasteiger partial charge >= 0.3 is 0 Å². The highest BCUT2D eigenvalue weighted by molar-refractivity contribution is 6.08. The average Bonchev–Trinajstić information content (AvgIpc) is 2.06. The molecule has 62 valence electrons. The Hall–Kier alpha value is -0.0151. The lowest BCUT2D eigenvalue weighted by atomic mass is 10.0. The quantitative estimate of drug-likeness (QED) is 0.573. The molecule has 0 saturated carbocycles. The minimum absolute atomic E-state index is 0.00213.